The Balaban J connectivity index is 2.02. The van der Waals surface area contributed by atoms with Crippen molar-refractivity contribution in [1.29, 1.82) is 0 Å². The van der Waals surface area contributed by atoms with Gasteiger partial charge < -0.3 is 9.84 Å². The Morgan fingerprint density at radius 2 is 2.12 bits per heavy atom. The van der Waals surface area contributed by atoms with Crippen molar-refractivity contribution < 1.29 is 14.6 Å². The van der Waals surface area contributed by atoms with Crippen LogP contribution < -0.4 is 0 Å². The van der Waals surface area contributed by atoms with E-state index in [1.165, 1.54) is 0 Å². The van der Waals surface area contributed by atoms with E-state index in [0.29, 0.717) is 18.0 Å². The number of carbonyl (C=O) groups excluding carboxylic acids is 1. The van der Waals surface area contributed by atoms with Crippen molar-refractivity contribution in [3.63, 3.8) is 0 Å². The van der Waals surface area contributed by atoms with Crippen LogP contribution in [0.1, 0.15) is 33.1 Å². The molecule has 17 heavy (non-hydrogen) atoms. The van der Waals surface area contributed by atoms with Crippen molar-refractivity contribution >= 4 is 5.97 Å². The SMILES string of the molecule is CC=C(C)C(=O)O[C@H]1CC2C[C@H](O)CC1N2C. The second-order valence-corrected chi connectivity index (χ2v) is 5.16. The van der Waals surface area contributed by atoms with E-state index in [9.17, 15) is 9.90 Å². The summed E-state index contributed by atoms with van der Waals surface area (Å²) in [5.74, 6) is -0.229. The van der Waals surface area contributed by atoms with Crippen LogP contribution in [0, 0.1) is 0 Å². The van der Waals surface area contributed by atoms with Crippen LogP contribution in [0.4, 0.5) is 0 Å². The molecule has 0 aliphatic carbocycles. The molecule has 0 aromatic carbocycles. The summed E-state index contributed by atoms with van der Waals surface area (Å²) >= 11 is 0. The molecule has 2 rings (SSSR count). The number of likely N-dealkylation sites (N-methyl/N-ethyl adjacent to an activating group) is 1. The summed E-state index contributed by atoms with van der Waals surface area (Å²) in [6, 6.07) is 0.532. The number of allylic oxidation sites excluding steroid dienone is 1. The summed E-state index contributed by atoms with van der Waals surface area (Å²) < 4.78 is 5.54. The summed E-state index contributed by atoms with van der Waals surface area (Å²) in [5, 5.41) is 9.74. The monoisotopic (exact) mass is 239 g/mol. The molecule has 2 bridgehead atoms. The minimum Gasteiger partial charge on any atom is -0.457 e. The van der Waals surface area contributed by atoms with Gasteiger partial charge in [0.1, 0.15) is 6.10 Å². The molecule has 2 aliphatic heterocycles. The third kappa shape index (κ3) is 2.38. The Morgan fingerprint density at radius 1 is 1.41 bits per heavy atom. The van der Waals surface area contributed by atoms with E-state index in [1.807, 2.05) is 6.92 Å². The first kappa shape index (κ1) is 12.6. The molecule has 0 aromatic heterocycles. The Kier molecular flexibility index (Phi) is 3.54. The van der Waals surface area contributed by atoms with Gasteiger partial charge in [0.05, 0.1) is 6.10 Å². The minimum atomic E-state index is -0.243. The minimum absolute atomic E-state index is 0.0652. The number of ether oxygens (including phenoxy) is 1. The summed E-state index contributed by atoms with van der Waals surface area (Å²) in [4.78, 5) is 14.0. The molecule has 2 fully saturated rings. The summed E-state index contributed by atoms with van der Waals surface area (Å²) in [6.07, 6.45) is 3.81. The molecular weight excluding hydrogens is 218 g/mol. The van der Waals surface area contributed by atoms with Gasteiger partial charge in [-0.25, -0.2) is 4.79 Å². The molecule has 4 atom stereocenters. The number of carbonyl (C=O) groups is 1. The first-order valence-corrected chi connectivity index (χ1v) is 6.26. The lowest BCUT2D eigenvalue weighted by Crippen LogP contribution is -2.44. The largest absolute Gasteiger partial charge is 0.457 e. The maximum Gasteiger partial charge on any atom is 0.333 e. The molecular formula is C13H21NO3. The number of fused-ring (bicyclic) bond motifs is 2. The molecule has 96 valence electrons. The quantitative estimate of drug-likeness (QED) is 0.579. The van der Waals surface area contributed by atoms with Crippen molar-refractivity contribution in [2.24, 2.45) is 0 Å². The van der Waals surface area contributed by atoms with E-state index in [2.05, 4.69) is 11.9 Å². The summed E-state index contributed by atoms with van der Waals surface area (Å²) in [5.41, 5.74) is 0.648. The predicted molar refractivity (Wildman–Crippen MR) is 64.5 cm³/mol. The van der Waals surface area contributed by atoms with E-state index < -0.39 is 0 Å². The van der Waals surface area contributed by atoms with Gasteiger partial charge in [0.15, 0.2) is 0 Å². The third-order valence-electron chi connectivity index (χ3n) is 4.10. The number of nitrogens with zero attached hydrogens (tertiary/aromatic N) is 1. The Bertz CT molecular complexity index is 340. The molecule has 2 heterocycles. The molecule has 0 saturated carbocycles. The number of piperidine rings is 1. The standard InChI is InChI=1S/C13H21NO3/c1-4-8(2)13(16)17-12-6-9-5-10(15)7-11(12)14(9)3/h4,9-12,15H,5-7H2,1-3H3/t9?,10-,11?,12-/m0/s1. The van der Waals surface area contributed by atoms with Crippen molar-refractivity contribution in [2.75, 3.05) is 7.05 Å². The second kappa shape index (κ2) is 4.78. The van der Waals surface area contributed by atoms with Crippen LogP contribution >= 0.6 is 0 Å². The second-order valence-electron chi connectivity index (χ2n) is 5.16. The van der Waals surface area contributed by atoms with E-state index in [1.54, 1.807) is 13.0 Å². The van der Waals surface area contributed by atoms with Crippen LogP contribution in [0.2, 0.25) is 0 Å². The lowest BCUT2D eigenvalue weighted by Gasteiger charge is -2.34. The Hall–Kier alpha value is -0.870. The van der Waals surface area contributed by atoms with Crippen molar-refractivity contribution in [2.45, 2.75) is 57.4 Å². The molecule has 2 aliphatic rings. The number of aliphatic hydroxyl groups is 1. The number of esters is 1. The van der Waals surface area contributed by atoms with Gasteiger partial charge in [-0.3, -0.25) is 4.90 Å². The van der Waals surface area contributed by atoms with Gasteiger partial charge in [-0.2, -0.15) is 0 Å². The van der Waals surface area contributed by atoms with Gasteiger partial charge in [-0.15, -0.1) is 0 Å². The fourth-order valence-electron chi connectivity index (χ4n) is 2.87. The molecule has 4 heteroatoms. The third-order valence-corrected chi connectivity index (χ3v) is 4.10. The van der Waals surface area contributed by atoms with E-state index in [-0.39, 0.29) is 24.2 Å². The number of hydrogen-bond acceptors (Lipinski definition) is 4. The van der Waals surface area contributed by atoms with E-state index >= 15 is 0 Å². The molecule has 0 aromatic rings. The zero-order chi connectivity index (χ0) is 12.6. The molecule has 0 amide bonds. The van der Waals surface area contributed by atoms with Crippen LogP contribution in [0.5, 0.6) is 0 Å². The fraction of sp³-hybridized carbons (Fsp3) is 0.769. The zero-order valence-corrected chi connectivity index (χ0v) is 10.7. The predicted octanol–water partition coefficient (Wildman–Crippen LogP) is 1.09. The molecule has 0 spiro atoms. The average Bonchev–Trinajstić information content (AvgIpc) is 2.49. The van der Waals surface area contributed by atoms with Gasteiger partial charge in [0.2, 0.25) is 0 Å². The number of hydrogen-bond donors (Lipinski definition) is 1. The zero-order valence-electron chi connectivity index (χ0n) is 10.7. The van der Waals surface area contributed by atoms with Crippen LogP contribution in [-0.2, 0) is 9.53 Å². The first-order chi connectivity index (χ1) is 8.02. The molecule has 4 nitrogen and oxygen atoms in total. The summed E-state index contributed by atoms with van der Waals surface area (Å²) in [7, 11) is 2.05. The highest BCUT2D eigenvalue weighted by molar-refractivity contribution is 5.87. The fourth-order valence-corrected chi connectivity index (χ4v) is 2.87. The highest BCUT2D eigenvalue weighted by Gasteiger charge is 2.46. The van der Waals surface area contributed by atoms with E-state index in [0.717, 1.165) is 12.8 Å². The van der Waals surface area contributed by atoms with Gasteiger partial charge in [0, 0.05) is 24.1 Å². The van der Waals surface area contributed by atoms with E-state index in [4.69, 9.17) is 4.74 Å². The average molecular weight is 239 g/mol. The van der Waals surface area contributed by atoms with Crippen LogP contribution in [0.15, 0.2) is 11.6 Å². The van der Waals surface area contributed by atoms with Gasteiger partial charge >= 0.3 is 5.97 Å². The van der Waals surface area contributed by atoms with Crippen molar-refractivity contribution in [3.8, 4) is 0 Å². The van der Waals surface area contributed by atoms with Gasteiger partial charge in [-0.1, -0.05) is 6.08 Å². The highest BCUT2D eigenvalue weighted by Crippen LogP contribution is 2.36. The number of rotatable bonds is 2. The lowest BCUT2D eigenvalue weighted by atomic mass is 10.0. The highest BCUT2D eigenvalue weighted by atomic mass is 16.5. The Morgan fingerprint density at radius 3 is 2.76 bits per heavy atom. The summed E-state index contributed by atoms with van der Waals surface area (Å²) in [6.45, 7) is 3.60. The molecule has 2 unspecified atom stereocenters. The molecule has 2 saturated heterocycles. The lowest BCUT2D eigenvalue weighted by molar-refractivity contribution is -0.145. The van der Waals surface area contributed by atoms with Crippen LogP contribution in [-0.4, -0.2) is 47.3 Å². The van der Waals surface area contributed by atoms with Crippen molar-refractivity contribution in [3.05, 3.63) is 11.6 Å². The molecule has 0 radical (unpaired) electrons. The maximum atomic E-state index is 11.7. The normalized spacial score (nSPS) is 38.2. The van der Waals surface area contributed by atoms with Gasteiger partial charge in [0.25, 0.3) is 0 Å². The Labute approximate surface area is 102 Å². The molecule has 1 N–H and O–H groups in total. The first-order valence-electron chi connectivity index (χ1n) is 6.26. The topological polar surface area (TPSA) is 49.8 Å². The maximum absolute atomic E-state index is 11.7. The van der Waals surface area contributed by atoms with Crippen molar-refractivity contribution in [1.82, 2.24) is 4.90 Å². The van der Waals surface area contributed by atoms with Gasteiger partial charge in [-0.05, 0) is 33.7 Å². The smallest absolute Gasteiger partial charge is 0.333 e. The van der Waals surface area contributed by atoms with Crippen LogP contribution in [0.3, 0.4) is 0 Å². The van der Waals surface area contributed by atoms with Crippen LogP contribution in [0.25, 0.3) is 0 Å². The number of aliphatic hydroxyl groups excluding tert-OH is 1.